The van der Waals surface area contributed by atoms with E-state index >= 15 is 0 Å². The molecule has 1 aromatic rings. The molecule has 0 spiro atoms. The molecule has 76 valence electrons. The summed E-state index contributed by atoms with van der Waals surface area (Å²) in [6.45, 7) is 1.32. The number of hydrogen-bond donors (Lipinski definition) is 2. The highest BCUT2D eigenvalue weighted by Gasteiger charge is 2.14. The summed E-state index contributed by atoms with van der Waals surface area (Å²) in [4.78, 5) is 10.4. The summed E-state index contributed by atoms with van der Waals surface area (Å²) in [6.07, 6.45) is -1.09. The summed E-state index contributed by atoms with van der Waals surface area (Å²) in [7, 11) is 0. The fourth-order valence-corrected chi connectivity index (χ4v) is 0.854. The molecule has 1 atom stereocenters. The van der Waals surface area contributed by atoms with E-state index < -0.39 is 17.9 Å². The fraction of sp³-hybridized carbons (Fsp3) is 0.222. The number of nitrogen functional groups attached to an aromatic ring is 1. The van der Waals surface area contributed by atoms with Gasteiger partial charge in [0.1, 0.15) is 0 Å². The first-order valence-electron chi connectivity index (χ1n) is 3.95. The van der Waals surface area contributed by atoms with Gasteiger partial charge in [-0.05, 0) is 19.1 Å². The normalized spacial score (nSPS) is 12.1. The number of ether oxygens (including phenoxy) is 1. The number of carboxylic acids is 1. The predicted molar refractivity (Wildman–Crippen MR) is 48.5 cm³/mol. The zero-order valence-electron chi connectivity index (χ0n) is 7.53. The van der Waals surface area contributed by atoms with Gasteiger partial charge in [-0.1, -0.05) is 0 Å². The Labute approximate surface area is 80.1 Å². The smallest absolute Gasteiger partial charge is 0.344 e. The van der Waals surface area contributed by atoms with Gasteiger partial charge in [0.25, 0.3) is 0 Å². The second-order valence-corrected chi connectivity index (χ2v) is 2.79. The second kappa shape index (κ2) is 3.95. The average molecular weight is 199 g/mol. The van der Waals surface area contributed by atoms with Gasteiger partial charge in [0.15, 0.2) is 17.7 Å². The van der Waals surface area contributed by atoms with E-state index in [1.807, 2.05) is 0 Å². The van der Waals surface area contributed by atoms with Gasteiger partial charge in [-0.15, -0.1) is 0 Å². The third-order valence-electron chi connectivity index (χ3n) is 1.61. The van der Waals surface area contributed by atoms with Crippen LogP contribution in [0.2, 0.25) is 0 Å². The zero-order chi connectivity index (χ0) is 10.7. The molecule has 0 aliphatic heterocycles. The number of nitrogens with two attached hydrogens (primary N) is 1. The van der Waals surface area contributed by atoms with Crippen molar-refractivity contribution in [2.45, 2.75) is 13.0 Å². The largest absolute Gasteiger partial charge is 0.479 e. The molecule has 3 N–H and O–H groups in total. The molecule has 0 saturated carbocycles. The van der Waals surface area contributed by atoms with Gasteiger partial charge < -0.3 is 15.6 Å². The Hall–Kier alpha value is -1.78. The first-order valence-corrected chi connectivity index (χ1v) is 3.95. The van der Waals surface area contributed by atoms with Crippen LogP contribution in [0.4, 0.5) is 10.1 Å². The van der Waals surface area contributed by atoms with Crippen molar-refractivity contribution in [3.63, 3.8) is 0 Å². The van der Waals surface area contributed by atoms with Crippen molar-refractivity contribution in [2.75, 3.05) is 5.73 Å². The van der Waals surface area contributed by atoms with Crippen LogP contribution in [0.15, 0.2) is 18.2 Å². The highest BCUT2D eigenvalue weighted by molar-refractivity contribution is 5.72. The minimum absolute atomic E-state index is 0.117. The number of carbonyl (C=O) groups is 1. The minimum atomic E-state index is -1.15. The Balaban J connectivity index is 2.82. The standard InChI is InChI=1S/C9H10FNO3/c1-5(9(12)13)14-8-3-2-6(11)4-7(8)10/h2-5H,11H2,1H3,(H,12,13). The molecule has 0 radical (unpaired) electrons. The maximum atomic E-state index is 13.1. The molecule has 1 aromatic carbocycles. The summed E-state index contributed by atoms with van der Waals surface area (Å²) in [5, 5.41) is 8.52. The highest BCUT2D eigenvalue weighted by Crippen LogP contribution is 2.20. The number of carboxylic acid groups (broad SMARTS) is 1. The van der Waals surface area contributed by atoms with E-state index in [1.165, 1.54) is 19.1 Å². The highest BCUT2D eigenvalue weighted by atomic mass is 19.1. The summed E-state index contributed by atoms with van der Waals surface area (Å²) in [5.74, 6) is -1.94. The molecule has 0 heterocycles. The second-order valence-electron chi connectivity index (χ2n) is 2.79. The summed E-state index contributed by atoms with van der Waals surface area (Å²) in [5.41, 5.74) is 5.57. The van der Waals surface area contributed by atoms with Crippen molar-refractivity contribution in [3.8, 4) is 5.75 Å². The number of anilines is 1. The molecular weight excluding hydrogens is 189 g/mol. The Morgan fingerprint density at radius 1 is 1.64 bits per heavy atom. The van der Waals surface area contributed by atoms with Gasteiger partial charge in [0, 0.05) is 11.8 Å². The van der Waals surface area contributed by atoms with E-state index in [9.17, 15) is 9.18 Å². The van der Waals surface area contributed by atoms with Crippen molar-refractivity contribution in [1.82, 2.24) is 0 Å². The topological polar surface area (TPSA) is 72.5 Å². The maximum Gasteiger partial charge on any atom is 0.344 e. The molecule has 1 rings (SSSR count). The van der Waals surface area contributed by atoms with E-state index in [0.29, 0.717) is 0 Å². The van der Waals surface area contributed by atoms with Crippen LogP contribution in [0, 0.1) is 5.82 Å². The van der Waals surface area contributed by atoms with Crippen LogP contribution in [0.5, 0.6) is 5.75 Å². The first-order chi connectivity index (χ1) is 6.50. The van der Waals surface area contributed by atoms with Crippen molar-refractivity contribution >= 4 is 11.7 Å². The van der Waals surface area contributed by atoms with E-state index in [4.69, 9.17) is 15.6 Å². The summed E-state index contributed by atoms with van der Waals surface area (Å²) >= 11 is 0. The Kier molecular flexibility index (Phi) is 2.91. The molecule has 4 nitrogen and oxygen atoms in total. The van der Waals surface area contributed by atoms with E-state index in [-0.39, 0.29) is 11.4 Å². The lowest BCUT2D eigenvalue weighted by atomic mass is 10.3. The van der Waals surface area contributed by atoms with E-state index in [1.54, 1.807) is 0 Å². The van der Waals surface area contributed by atoms with Gasteiger partial charge in [0.05, 0.1) is 0 Å². The van der Waals surface area contributed by atoms with Gasteiger partial charge >= 0.3 is 5.97 Å². The van der Waals surface area contributed by atoms with Crippen LogP contribution in [0.1, 0.15) is 6.92 Å². The molecule has 0 aliphatic carbocycles. The minimum Gasteiger partial charge on any atom is -0.479 e. The third kappa shape index (κ3) is 2.35. The summed E-state index contributed by atoms with van der Waals surface area (Å²) < 4.78 is 17.9. The number of hydrogen-bond acceptors (Lipinski definition) is 3. The Bertz CT molecular complexity index is 354. The molecule has 0 amide bonds. The molecule has 0 fully saturated rings. The van der Waals surface area contributed by atoms with Crippen molar-refractivity contribution in [2.24, 2.45) is 0 Å². The van der Waals surface area contributed by atoms with Crippen molar-refractivity contribution < 1.29 is 19.0 Å². The molecule has 0 aromatic heterocycles. The Morgan fingerprint density at radius 2 is 2.29 bits per heavy atom. The van der Waals surface area contributed by atoms with Crippen LogP contribution in [0.25, 0.3) is 0 Å². The van der Waals surface area contributed by atoms with Crippen molar-refractivity contribution in [1.29, 1.82) is 0 Å². The van der Waals surface area contributed by atoms with Crippen LogP contribution >= 0.6 is 0 Å². The predicted octanol–water partition coefficient (Wildman–Crippen LogP) is 1.26. The third-order valence-corrected chi connectivity index (χ3v) is 1.61. The lowest BCUT2D eigenvalue weighted by Crippen LogP contribution is -2.23. The van der Waals surface area contributed by atoms with Gasteiger partial charge in [0.2, 0.25) is 0 Å². The van der Waals surface area contributed by atoms with Crippen LogP contribution in [0.3, 0.4) is 0 Å². The number of benzene rings is 1. The van der Waals surface area contributed by atoms with Gasteiger partial charge in [-0.3, -0.25) is 0 Å². The lowest BCUT2D eigenvalue weighted by Gasteiger charge is -2.10. The molecule has 1 unspecified atom stereocenters. The molecule has 0 aliphatic rings. The van der Waals surface area contributed by atoms with Crippen LogP contribution < -0.4 is 10.5 Å². The Morgan fingerprint density at radius 3 is 2.79 bits per heavy atom. The fourth-order valence-electron chi connectivity index (χ4n) is 0.854. The maximum absolute atomic E-state index is 13.1. The van der Waals surface area contributed by atoms with Crippen LogP contribution in [-0.2, 0) is 4.79 Å². The van der Waals surface area contributed by atoms with Crippen LogP contribution in [-0.4, -0.2) is 17.2 Å². The van der Waals surface area contributed by atoms with Gasteiger partial charge in [-0.2, -0.15) is 0 Å². The first kappa shape index (κ1) is 10.3. The molecular formula is C9H10FNO3. The lowest BCUT2D eigenvalue weighted by molar-refractivity contribution is -0.144. The van der Waals surface area contributed by atoms with Gasteiger partial charge in [-0.25, -0.2) is 9.18 Å². The number of halogens is 1. The quantitative estimate of drug-likeness (QED) is 0.719. The number of aliphatic carboxylic acids is 1. The summed E-state index contributed by atoms with van der Waals surface area (Å²) in [6, 6.07) is 3.81. The molecule has 5 heteroatoms. The molecule has 14 heavy (non-hydrogen) atoms. The molecule has 0 saturated heterocycles. The zero-order valence-corrected chi connectivity index (χ0v) is 7.53. The average Bonchev–Trinajstić information content (AvgIpc) is 2.09. The van der Waals surface area contributed by atoms with E-state index in [2.05, 4.69) is 0 Å². The monoisotopic (exact) mass is 199 g/mol. The molecule has 0 bridgehead atoms. The number of rotatable bonds is 3. The van der Waals surface area contributed by atoms with Crippen molar-refractivity contribution in [3.05, 3.63) is 24.0 Å². The van der Waals surface area contributed by atoms with E-state index in [0.717, 1.165) is 6.07 Å². The SMILES string of the molecule is CC(Oc1ccc(N)cc1F)C(=O)O.